The highest BCUT2D eigenvalue weighted by Gasteiger charge is 2.14. The van der Waals surface area contributed by atoms with Crippen molar-refractivity contribution in [2.45, 2.75) is 18.7 Å². The summed E-state index contributed by atoms with van der Waals surface area (Å²) in [6.45, 7) is 2.16. The molecule has 0 fully saturated rings. The minimum Gasteiger partial charge on any atom is -0.465 e. The molecular weight excluding hydrogens is 310 g/mol. The summed E-state index contributed by atoms with van der Waals surface area (Å²) in [5, 5.41) is 0. The molecule has 1 rings (SSSR count). The lowest BCUT2D eigenvalue weighted by Gasteiger charge is -2.09. The largest absolute Gasteiger partial charge is 0.465 e. The maximum atomic E-state index is 11.2. The number of carbonyl (C=O) groups is 1. The molecule has 0 amide bonds. The highest BCUT2D eigenvalue weighted by molar-refractivity contribution is 9.11. The summed E-state index contributed by atoms with van der Waals surface area (Å²) in [5.74, 6) is 1.15. The maximum absolute atomic E-state index is 11.2. The zero-order chi connectivity index (χ0) is 12.0. The van der Waals surface area contributed by atoms with E-state index in [0.29, 0.717) is 12.4 Å². The van der Waals surface area contributed by atoms with Gasteiger partial charge in [0, 0.05) is 16.4 Å². The van der Waals surface area contributed by atoms with Crippen LogP contribution in [-0.4, -0.2) is 24.4 Å². The Hall–Kier alpha value is -0.0400. The SMILES string of the molecule is CCOC(=O)C(N)CSCc1ccc(Br)s1. The molecule has 1 unspecified atom stereocenters. The van der Waals surface area contributed by atoms with Gasteiger partial charge < -0.3 is 10.5 Å². The van der Waals surface area contributed by atoms with Gasteiger partial charge in [-0.25, -0.2) is 0 Å². The first-order chi connectivity index (χ1) is 7.63. The molecule has 1 aromatic rings. The number of hydrogen-bond acceptors (Lipinski definition) is 5. The Balaban J connectivity index is 2.22. The van der Waals surface area contributed by atoms with Crippen molar-refractivity contribution in [3.05, 3.63) is 20.8 Å². The number of carbonyl (C=O) groups excluding carboxylic acids is 1. The molecule has 1 atom stereocenters. The van der Waals surface area contributed by atoms with Crippen molar-refractivity contribution in [3.63, 3.8) is 0 Å². The van der Waals surface area contributed by atoms with Gasteiger partial charge >= 0.3 is 5.97 Å². The Kier molecular flexibility index (Phi) is 6.41. The van der Waals surface area contributed by atoms with Crippen LogP contribution in [0.15, 0.2) is 15.9 Å². The van der Waals surface area contributed by atoms with Crippen LogP contribution in [0.1, 0.15) is 11.8 Å². The van der Waals surface area contributed by atoms with Crippen molar-refractivity contribution < 1.29 is 9.53 Å². The van der Waals surface area contributed by atoms with Crippen LogP contribution >= 0.6 is 39.0 Å². The summed E-state index contributed by atoms with van der Waals surface area (Å²) in [6, 6.07) is 3.57. The molecule has 16 heavy (non-hydrogen) atoms. The molecule has 6 heteroatoms. The van der Waals surface area contributed by atoms with Crippen LogP contribution in [0.3, 0.4) is 0 Å². The number of hydrogen-bond donors (Lipinski definition) is 1. The molecule has 0 bridgehead atoms. The third kappa shape index (κ3) is 4.86. The van der Waals surface area contributed by atoms with E-state index in [1.165, 1.54) is 4.88 Å². The number of ether oxygens (including phenoxy) is 1. The summed E-state index contributed by atoms with van der Waals surface area (Å²) in [5.41, 5.74) is 5.67. The smallest absolute Gasteiger partial charge is 0.323 e. The first-order valence-electron chi connectivity index (χ1n) is 4.87. The van der Waals surface area contributed by atoms with Gasteiger partial charge in [-0.1, -0.05) is 0 Å². The van der Waals surface area contributed by atoms with Gasteiger partial charge in [-0.3, -0.25) is 4.79 Å². The minimum absolute atomic E-state index is 0.317. The second-order valence-corrected chi connectivity index (χ2v) is 6.66. The van der Waals surface area contributed by atoms with E-state index < -0.39 is 6.04 Å². The van der Waals surface area contributed by atoms with Crippen LogP contribution in [0.2, 0.25) is 0 Å². The number of esters is 1. The van der Waals surface area contributed by atoms with Crippen molar-refractivity contribution in [2.75, 3.05) is 12.4 Å². The molecule has 0 saturated heterocycles. The van der Waals surface area contributed by atoms with Gasteiger partial charge in [0.2, 0.25) is 0 Å². The van der Waals surface area contributed by atoms with Gasteiger partial charge in [0.05, 0.1) is 10.4 Å². The van der Waals surface area contributed by atoms with E-state index in [1.54, 1.807) is 30.0 Å². The van der Waals surface area contributed by atoms with E-state index in [1.807, 2.05) is 6.07 Å². The molecule has 3 nitrogen and oxygen atoms in total. The van der Waals surface area contributed by atoms with E-state index in [4.69, 9.17) is 10.5 Å². The molecule has 0 saturated carbocycles. The van der Waals surface area contributed by atoms with Crippen molar-refractivity contribution in [1.82, 2.24) is 0 Å². The summed E-state index contributed by atoms with van der Waals surface area (Å²) in [7, 11) is 0. The Labute approximate surface area is 112 Å². The Morgan fingerprint density at radius 3 is 3.00 bits per heavy atom. The molecule has 1 heterocycles. The molecule has 1 aromatic heterocycles. The topological polar surface area (TPSA) is 52.3 Å². The van der Waals surface area contributed by atoms with Gasteiger partial charge in [-0.05, 0) is 35.0 Å². The zero-order valence-corrected chi connectivity index (χ0v) is 12.2. The normalized spacial score (nSPS) is 12.4. The van der Waals surface area contributed by atoms with Crippen molar-refractivity contribution >= 4 is 45.0 Å². The molecular formula is C10H14BrNO2S2. The highest BCUT2D eigenvalue weighted by Crippen LogP contribution is 2.25. The van der Waals surface area contributed by atoms with Crippen LogP contribution in [0.25, 0.3) is 0 Å². The highest BCUT2D eigenvalue weighted by atomic mass is 79.9. The van der Waals surface area contributed by atoms with Crippen molar-refractivity contribution in [3.8, 4) is 0 Å². The average molecular weight is 324 g/mol. The van der Waals surface area contributed by atoms with E-state index in [9.17, 15) is 4.79 Å². The van der Waals surface area contributed by atoms with Gasteiger partial charge in [0.25, 0.3) is 0 Å². The summed E-state index contributed by atoms with van der Waals surface area (Å²) >= 11 is 6.75. The van der Waals surface area contributed by atoms with Gasteiger partial charge in [-0.2, -0.15) is 11.8 Å². The fraction of sp³-hybridized carbons (Fsp3) is 0.500. The second kappa shape index (κ2) is 7.32. The molecule has 0 aliphatic carbocycles. The van der Waals surface area contributed by atoms with Crippen molar-refractivity contribution in [1.29, 1.82) is 0 Å². The second-order valence-electron chi connectivity index (χ2n) is 3.08. The molecule has 0 spiro atoms. The Morgan fingerprint density at radius 1 is 1.69 bits per heavy atom. The Bertz CT molecular complexity index is 343. The number of nitrogens with two attached hydrogens (primary N) is 1. The first-order valence-corrected chi connectivity index (χ1v) is 7.64. The molecule has 0 radical (unpaired) electrons. The quantitative estimate of drug-likeness (QED) is 0.818. The summed E-state index contributed by atoms with van der Waals surface area (Å²) in [4.78, 5) is 12.5. The van der Waals surface area contributed by atoms with Crippen LogP contribution in [0.5, 0.6) is 0 Å². The lowest BCUT2D eigenvalue weighted by atomic mass is 10.4. The molecule has 0 aliphatic heterocycles. The van der Waals surface area contributed by atoms with Crippen LogP contribution in [-0.2, 0) is 15.3 Å². The molecule has 0 aliphatic rings. The number of rotatable bonds is 6. The van der Waals surface area contributed by atoms with Crippen LogP contribution in [0.4, 0.5) is 0 Å². The van der Waals surface area contributed by atoms with E-state index >= 15 is 0 Å². The fourth-order valence-corrected chi connectivity index (χ4v) is 3.60. The lowest BCUT2D eigenvalue weighted by molar-refractivity contribution is -0.144. The maximum Gasteiger partial charge on any atom is 0.323 e. The monoisotopic (exact) mass is 323 g/mol. The van der Waals surface area contributed by atoms with Gasteiger partial charge in [0.1, 0.15) is 6.04 Å². The van der Waals surface area contributed by atoms with E-state index in [0.717, 1.165) is 9.54 Å². The van der Waals surface area contributed by atoms with Gasteiger partial charge in [0.15, 0.2) is 0 Å². The van der Waals surface area contributed by atoms with Crippen molar-refractivity contribution in [2.24, 2.45) is 5.73 Å². The Morgan fingerprint density at radius 2 is 2.44 bits per heavy atom. The number of thioether (sulfide) groups is 1. The molecule has 2 N–H and O–H groups in total. The molecule has 0 aromatic carbocycles. The van der Waals surface area contributed by atoms with E-state index in [-0.39, 0.29) is 5.97 Å². The number of halogens is 1. The van der Waals surface area contributed by atoms with Crippen LogP contribution < -0.4 is 5.73 Å². The number of thiophene rings is 1. The predicted octanol–water partition coefficient (Wildman–Crippen LogP) is 2.63. The third-order valence-corrected chi connectivity index (χ3v) is 4.68. The average Bonchev–Trinajstić information content (AvgIpc) is 2.64. The zero-order valence-electron chi connectivity index (χ0n) is 8.94. The standard InChI is InChI=1S/C10H14BrNO2S2/c1-2-14-10(13)8(12)6-15-5-7-3-4-9(11)16-7/h3-4,8H,2,5-6,12H2,1H3. The summed E-state index contributed by atoms with van der Waals surface area (Å²) in [6.07, 6.45) is 0. The van der Waals surface area contributed by atoms with Crippen LogP contribution in [0, 0.1) is 0 Å². The minimum atomic E-state index is -0.520. The fourth-order valence-electron chi connectivity index (χ4n) is 1.03. The first kappa shape index (κ1) is 14.0. The summed E-state index contributed by atoms with van der Waals surface area (Å²) < 4.78 is 5.95. The third-order valence-electron chi connectivity index (χ3n) is 1.76. The van der Waals surface area contributed by atoms with Gasteiger partial charge in [-0.15, -0.1) is 11.3 Å². The lowest BCUT2D eigenvalue weighted by Crippen LogP contribution is -2.34. The van der Waals surface area contributed by atoms with E-state index in [2.05, 4.69) is 22.0 Å². The predicted molar refractivity (Wildman–Crippen MR) is 72.8 cm³/mol. The molecule has 90 valence electrons.